The number of fused-ring (bicyclic) bond motifs is 1. The van der Waals surface area contributed by atoms with Crippen LogP contribution in [0.2, 0.25) is 5.02 Å². The number of amides is 1. The van der Waals surface area contributed by atoms with E-state index in [1.54, 1.807) is 17.9 Å². The van der Waals surface area contributed by atoms with Gasteiger partial charge in [0, 0.05) is 24.5 Å². The molecule has 1 N–H and O–H groups in total. The van der Waals surface area contributed by atoms with Crippen LogP contribution in [0.3, 0.4) is 0 Å². The number of halogens is 1. The molecule has 0 saturated heterocycles. The van der Waals surface area contributed by atoms with Crippen LogP contribution >= 0.6 is 11.6 Å². The molecule has 4 rings (SSSR count). The van der Waals surface area contributed by atoms with Crippen molar-refractivity contribution in [3.05, 3.63) is 70.3 Å². The number of rotatable bonds is 5. The molecule has 1 amide bonds. The van der Waals surface area contributed by atoms with Crippen LogP contribution in [-0.2, 0) is 31.2 Å². The fourth-order valence-corrected chi connectivity index (χ4v) is 3.93. The monoisotopic (exact) mass is 383 g/mol. The summed E-state index contributed by atoms with van der Waals surface area (Å²) in [6, 6.07) is 10.3. The Kier molecular flexibility index (Phi) is 4.99. The number of carbonyl (C=O) groups is 1. The summed E-state index contributed by atoms with van der Waals surface area (Å²) in [4.78, 5) is 12.5. The van der Waals surface area contributed by atoms with Crippen molar-refractivity contribution in [1.29, 1.82) is 0 Å². The first-order chi connectivity index (χ1) is 13.1. The molecule has 2 heterocycles. The topological polar surface area (TPSA) is 64.7 Å². The van der Waals surface area contributed by atoms with E-state index in [1.807, 2.05) is 24.4 Å². The lowest BCUT2D eigenvalue weighted by molar-refractivity contribution is -0.121. The summed E-state index contributed by atoms with van der Waals surface area (Å²) in [5.74, 6) is -0.0655. The Bertz CT molecular complexity index is 947. The molecular formula is C20H22ClN5O. The fraction of sp³-hybridized carbons (Fsp3) is 0.350. The van der Waals surface area contributed by atoms with Gasteiger partial charge in [-0.1, -0.05) is 41.9 Å². The van der Waals surface area contributed by atoms with E-state index in [0.29, 0.717) is 10.7 Å². The summed E-state index contributed by atoms with van der Waals surface area (Å²) in [5, 5.41) is 12.5. The van der Waals surface area contributed by atoms with Gasteiger partial charge in [-0.25, -0.2) is 0 Å². The second-order valence-corrected chi connectivity index (χ2v) is 7.38. The van der Waals surface area contributed by atoms with Gasteiger partial charge in [0.2, 0.25) is 5.91 Å². The Morgan fingerprint density at radius 1 is 1.33 bits per heavy atom. The minimum atomic E-state index is -0.0655. The maximum absolute atomic E-state index is 12.5. The Hall–Kier alpha value is -2.60. The normalized spacial score (nSPS) is 16.1. The molecule has 0 aliphatic heterocycles. The highest BCUT2D eigenvalue weighted by Gasteiger charge is 2.26. The smallest absolute Gasteiger partial charge is 0.226 e. The van der Waals surface area contributed by atoms with Crippen molar-refractivity contribution in [1.82, 2.24) is 24.9 Å². The summed E-state index contributed by atoms with van der Waals surface area (Å²) in [7, 11) is 1.79. The average Bonchev–Trinajstić information content (AvgIpc) is 3.19. The van der Waals surface area contributed by atoms with Crippen molar-refractivity contribution < 1.29 is 4.79 Å². The number of hydrogen-bond donors (Lipinski definition) is 1. The van der Waals surface area contributed by atoms with Gasteiger partial charge >= 0.3 is 0 Å². The quantitative estimate of drug-likeness (QED) is 0.736. The van der Waals surface area contributed by atoms with Crippen LogP contribution in [-0.4, -0.2) is 25.5 Å². The molecule has 1 aromatic carbocycles. The Morgan fingerprint density at radius 2 is 2.15 bits per heavy atom. The number of aromatic nitrogens is 4. The Labute approximate surface area is 163 Å². The zero-order chi connectivity index (χ0) is 18.8. The van der Waals surface area contributed by atoms with Crippen molar-refractivity contribution in [3.63, 3.8) is 0 Å². The first-order valence-electron chi connectivity index (χ1n) is 9.16. The molecule has 0 fully saturated rings. The molecule has 1 aliphatic carbocycles. The summed E-state index contributed by atoms with van der Waals surface area (Å²) in [6.45, 7) is 0.750. The molecule has 7 heteroatoms. The van der Waals surface area contributed by atoms with Crippen molar-refractivity contribution in [2.45, 2.75) is 38.3 Å². The van der Waals surface area contributed by atoms with Gasteiger partial charge in [-0.05, 0) is 24.8 Å². The van der Waals surface area contributed by atoms with Gasteiger partial charge in [0.15, 0.2) is 0 Å². The van der Waals surface area contributed by atoms with Gasteiger partial charge < -0.3 is 5.32 Å². The molecule has 27 heavy (non-hydrogen) atoms. The summed E-state index contributed by atoms with van der Waals surface area (Å²) in [5.41, 5.74) is 4.16. The molecule has 140 valence electrons. The average molecular weight is 384 g/mol. The fourth-order valence-electron chi connectivity index (χ4n) is 3.68. The maximum atomic E-state index is 12.5. The van der Waals surface area contributed by atoms with Gasteiger partial charge in [-0.2, -0.15) is 10.2 Å². The van der Waals surface area contributed by atoms with Crippen LogP contribution in [0.25, 0.3) is 0 Å². The van der Waals surface area contributed by atoms with E-state index in [1.165, 1.54) is 11.3 Å². The molecule has 1 aliphatic rings. The highest BCUT2D eigenvalue weighted by molar-refractivity contribution is 6.31. The van der Waals surface area contributed by atoms with Crippen molar-refractivity contribution in [2.75, 3.05) is 0 Å². The van der Waals surface area contributed by atoms with Crippen molar-refractivity contribution >= 4 is 17.5 Å². The Morgan fingerprint density at radius 3 is 2.89 bits per heavy atom. The molecule has 1 atom stereocenters. The number of carbonyl (C=O) groups excluding carboxylic acids is 1. The highest BCUT2D eigenvalue weighted by atomic mass is 35.5. The lowest BCUT2D eigenvalue weighted by Gasteiger charge is -2.24. The molecule has 0 spiro atoms. The molecule has 0 saturated carbocycles. The molecule has 3 aromatic rings. The third-order valence-electron chi connectivity index (χ3n) is 4.96. The van der Waals surface area contributed by atoms with Crippen LogP contribution in [0.5, 0.6) is 0 Å². The first kappa shape index (κ1) is 17.8. The molecule has 6 nitrogen and oxygen atoms in total. The van der Waals surface area contributed by atoms with Crippen molar-refractivity contribution in [2.24, 2.45) is 7.05 Å². The van der Waals surface area contributed by atoms with E-state index >= 15 is 0 Å². The van der Waals surface area contributed by atoms with Gasteiger partial charge in [-0.15, -0.1) is 0 Å². The van der Waals surface area contributed by atoms with Crippen LogP contribution in [0, 0.1) is 0 Å². The third-order valence-corrected chi connectivity index (χ3v) is 5.27. The second-order valence-electron chi connectivity index (χ2n) is 6.98. The summed E-state index contributed by atoms with van der Waals surface area (Å²) in [6.07, 6.45) is 6.73. The molecule has 0 radical (unpaired) electrons. The molecule has 2 aromatic heterocycles. The number of nitrogens with zero attached hydrogens (tertiary/aromatic N) is 4. The third kappa shape index (κ3) is 3.90. The van der Waals surface area contributed by atoms with E-state index < -0.39 is 0 Å². The predicted octanol–water partition coefficient (Wildman–Crippen LogP) is 3.05. The second kappa shape index (κ2) is 7.56. The van der Waals surface area contributed by atoms with Gasteiger partial charge in [0.05, 0.1) is 35.9 Å². The summed E-state index contributed by atoms with van der Waals surface area (Å²) >= 11 is 6.12. The van der Waals surface area contributed by atoms with E-state index in [-0.39, 0.29) is 18.4 Å². The maximum Gasteiger partial charge on any atom is 0.226 e. The lowest BCUT2D eigenvalue weighted by Crippen LogP contribution is -2.32. The minimum Gasteiger partial charge on any atom is -0.349 e. The van der Waals surface area contributed by atoms with Crippen molar-refractivity contribution in [3.8, 4) is 0 Å². The summed E-state index contributed by atoms with van der Waals surface area (Å²) < 4.78 is 3.68. The van der Waals surface area contributed by atoms with E-state index in [0.717, 1.165) is 31.4 Å². The Balaban J connectivity index is 1.47. The minimum absolute atomic E-state index is 0.00624. The van der Waals surface area contributed by atoms with Crippen LogP contribution < -0.4 is 5.32 Å². The molecular weight excluding hydrogens is 362 g/mol. The number of nitrogens with one attached hydrogen (secondary N) is 1. The lowest BCUT2D eigenvalue weighted by atomic mass is 9.92. The zero-order valence-electron chi connectivity index (χ0n) is 15.2. The van der Waals surface area contributed by atoms with E-state index in [9.17, 15) is 4.79 Å². The van der Waals surface area contributed by atoms with Crippen LogP contribution in [0.4, 0.5) is 0 Å². The number of benzene rings is 1. The number of aryl methyl sites for hydroxylation is 1. The van der Waals surface area contributed by atoms with Gasteiger partial charge in [0.25, 0.3) is 0 Å². The number of hydrogen-bond acceptors (Lipinski definition) is 3. The highest BCUT2D eigenvalue weighted by Crippen LogP contribution is 2.30. The van der Waals surface area contributed by atoms with E-state index in [4.69, 9.17) is 11.6 Å². The SMILES string of the molecule is Cn1cc(Cl)c(CC(=O)NC2CCCc3c2cnn3Cc2ccccc2)n1. The predicted molar refractivity (Wildman–Crippen MR) is 104 cm³/mol. The molecule has 1 unspecified atom stereocenters. The zero-order valence-corrected chi connectivity index (χ0v) is 16.0. The molecule has 0 bridgehead atoms. The van der Waals surface area contributed by atoms with Gasteiger partial charge in [0.1, 0.15) is 0 Å². The van der Waals surface area contributed by atoms with E-state index in [2.05, 4.69) is 32.3 Å². The first-order valence-corrected chi connectivity index (χ1v) is 9.54. The van der Waals surface area contributed by atoms with Crippen LogP contribution in [0.15, 0.2) is 42.7 Å². The standard InChI is InChI=1S/C20H22ClN5O/c1-25-13-16(21)18(24-25)10-20(27)23-17-8-5-9-19-15(17)11-22-26(19)12-14-6-3-2-4-7-14/h2-4,6-7,11,13,17H,5,8-10,12H2,1H3,(H,23,27). The van der Waals surface area contributed by atoms with Crippen LogP contribution in [0.1, 0.15) is 41.4 Å². The van der Waals surface area contributed by atoms with Gasteiger partial charge in [-0.3, -0.25) is 14.2 Å². The largest absolute Gasteiger partial charge is 0.349 e.